The standard InChI is InChI=1S/C15H16Cl2N6O/c1-22-7-11(16)10-6-18-15(20-14(10)22)19-12-8-23(21-13(12)17)9-2-4-24-5-3-9/h6-9H,2-5H2,1H3,(H,18,19,20). The number of nitrogens with zero attached hydrogens (tertiary/aromatic N) is 5. The Balaban J connectivity index is 1.61. The van der Waals surface area contributed by atoms with Gasteiger partial charge in [0.2, 0.25) is 5.95 Å². The van der Waals surface area contributed by atoms with Gasteiger partial charge in [-0.2, -0.15) is 10.1 Å². The van der Waals surface area contributed by atoms with Crippen molar-refractivity contribution in [1.82, 2.24) is 24.3 Å². The molecule has 0 amide bonds. The normalized spacial score (nSPS) is 16.0. The molecule has 4 rings (SSSR count). The lowest BCUT2D eigenvalue weighted by molar-refractivity contribution is 0.0662. The van der Waals surface area contributed by atoms with Gasteiger partial charge >= 0.3 is 0 Å². The molecule has 3 aromatic heterocycles. The molecule has 9 heteroatoms. The molecule has 1 saturated heterocycles. The van der Waals surface area contributed by atoms with E-state index in [-0.39, 0.29) is 0 Å². The summed E-state index contributed by atoms with van der Waals surface area (Å²) in [7, 11) is 1.89. The minimum absolute atomic E-state index is 0.307. The quantitative estimate of drug-likeness (QED) is 0.767. The van der Waals surface area contributed by atoms with Crippen molar-refractivity contribution in [2.75, 3.05) is 18.5 Å². The smallest absolute Gasteiger partial charge is 0.229 e. The molecule has 0 unspecified atom stereocenters. The number of anilines is 2. The first-order valence-electron chi connectivity index (χ1n) is 7.69. The van der Waals surface area contributed by atoms with Crippen molar-refractivity contribution in [2.45, 2.75) is 18.9 Å². The van der Waals surface area contributed by atoms with Crippen molar-refractivity contribution in [2.24, 2.45) is 7.05 Å². The van der Waals surface area contributed by atoms with Gasteiger partial charge in [-0.25, -0.2) is 4.98 Å². The highest BCUT2D eigenvalue weighted by atomic mass is 35.5. The van der Waals surface area contributed by atoms with Crippen LogP contribution in [0.5, 0.6) is 0 Å². The topological polar surface area (TPSA) is 69.8 Å². The second-order valence-corrected chi connectivity index (χ2v) is 6.57. The molecule has 0 radical (unpaired) electrons. The van der Waals surface area contributed by atoms with E-state index >= 15 is 0 Å². The van der Waals surface area contributed by atoms with Crippen molar-refractivity contribution >= 4 is 45.9 Å². The van der Waals surface area contributed by atoms with Crippen LogP contribution in [0.1, 0.15) is 18.9 Å². The molecule has 1 aliphatic heterocycles. The zero-order valence-electron chi connectivity index (χ0n) is 13.0. The number of aromatic nitrogens is 5. The van der Waals surface area contributed by atoms with Crippen molar-refractivity contribution in [3.05, 3.63) is 28.8 Å². The minimum Gasteiger partial charge on any atom is -0.381 e. The van der Waals surface area contributed by atoms with Gasteiger partial charge in [0.05, 0.1) is 28.3 Å². The molecule has 1 N–H and O–H groups in total. The highest BCUT2D eigenvalue weighted by molar-refractivity contribution is 6.35. The third-order valence-corrected chi connectivity index (χ3v) is 4.75. The summed E-state index contributed by atoms with van der Waals surface area (Å²) in [6.07, 6.45) is 7.26. The maximum absolute atomic E-state index is 6.26. The molecule has 0 atom stereocenters. The van der Waals surface area contributed by atoms with Gasteiger partial charge in [0.15, 0.2) is 5.15 Å². The second kappa shape index (κ2) is 6.23. The van der Waals surface area contributed by atoms with Gasteiger partial charge in [0, 0.05) is 32.7 Å². The number of hydrogen-bond donors (Lipinski definition) is 1. The van der Waals surface area contributed by atoms with Gasteiger partial charge in [0.25, 0.3) is 0 Å². The number of fused-ring (bicyclic) bond motifs is 1. The van der Waals surface area contributed by atoms with Crippen LogP contribution in [0.15, 0.2) is 18.6 Å². The highest BCUT2D eigenvalue weighted by Gasteiger charge is 2.19. The maximum atomic E-state index is 6.26. The van der Waals surface area contributed by atoms with E-state index in [0.29, 0.717) is 27.9 Å². The Hall–Kier alpha value is -1.83. The summed E-state index contributed by atoms with van der Waals surface area (Å²) in [5, 5.41) is 9.37. The minimum atomic E-state index is 0.307. The van der Waals surface area contributed by atoms with Crippen LogP contribution in [0, 0.1) is 0 Å². The Morgan fingerprint density at radius 2 is 2.04 bits per heavy atom. The Morgan fingerprint density at radius 3 is 2.83 bits per heavy atom. The summed E-state index contributed by atoms with van der Waals surface area (Å²) >= 11 is 12.4. The number of nitrogens with one attached hydrogen (secondary N) is 1. The van der Waals surface area contributed by atoms with E-state index in [1.54, 1.807) is 12.4 Å². The first-order valence-corrected chi connectivity index (χ1v) is 8.44. The summed E-state index contributed by atoms with van der Waals surface area (Å²) in [5.74, 6) is 0.453. The van der Waals surface area contributed by atoms with Crippen molar-refractivity contribution in [1.29, 1.82) is 0 Å². The third kappa shape index (κ3) is 2.83. The Bertz CT molecular complexity index is 884. The van der Waals surface area contributed by atoms with Crippen LogP contribution < -0.4 is 5.32 Å². The monoisotopic (exact) mass is 366 g/mol. The molecule has 24 heavy (non-hydrogen) atoms. The van der Waals surface area contributed by atoms with E-state index < -0.39 is 0 Å². The van der Waals surface area contributed by atoms with Gasteiger partial charge < -0.3 is 14.6 Å². The number of ether oxygens (including phenoxy) is 1. The predicted octanol–water partition coefficient (Wildman–Crippen LogP) is 3.57. The Labute approximate surface area is 148 Å². The summed E-state index contributed by atoms with van der Waals surface area (Å²) < 4.78 is 9.14. The summed E-state index contributed by atoms with van der Waals surface area (Å²) in [5.41, 5.74) is 1.44. The molecular formula is C15H16Cl2N6O. The molecule has 1 fully saturated rings. The molecule has 4 heterocycles. The largest absolute Gasteiger partial charge is 0.381 e. The second-order valence-electron chi connectivity index (χ2n) is 5.80. The third-order valence-electron chi connectivity index (χ3n) is 4.17. The molecule has 0 bridgehead atoms. The molecule has 3 aromatic rings. The van der Waals surface area contributed by atoms with Crippen molar-refractivity contribution in [3.63, 3.8) is 0 Å². The zero-order chi connectivity index (χ0) is 16.7. The average Bonchev–Trinajstić information content (AvgIpc) is 3.09. The van der Waals surface area contributed by atoms with E-state index in [1.807, 2.05) is 22.5 Å². The molecule has 7 nitrogen and oxygen atoms in total. The predicted molar refractivity (Wildman–Crippen MR) is 93.1 cm³/mol. The fourth-order valence-corrected chi connectivity index (χ4v) is 3.34. The van der Waals surface area contributed by atoms with Crippen LogP contribution >= 0.6 is 23.2 Å². The van der Waals surface area contributed by atoms with E-state index in [2.05, 4.69) is 20.4 Å². The first kappa shape index (κ1) is 15.7. The Morgan fingerprint density at radius 1 is 1.25 bits per heavy atom. The van der Waals surface area contributed by atoms with Gasteiger partial charge in [-0.3, -0.25) is 4.68 Å². The number of rotatable bonds is 3. The zero-order valence-corrected chi connectivity index (χ0v) is 14.5. The van der Waals surface area contributed by atoms with Crippen LogP contribution in [0.4, 0.5) is 11.6 Å². The lowest BCUT2D eigenvalue weighted by atomic mass is 10.1. The lowest BCUT2D eigenvalue weighted by Crippen LogP contribution is -2.19. The SMILES string of the molecule is Cn1cc(Cl)c2cnc(Nc3cn(C4CCOCC4)nc3Cl)nc21. The highest BCUT2D eigenvalue weighted by Crippen LogP contribution is 2.29. The van der Waals surface area contributed by atoms with Crippen LogP contribution in [-0.2, 0) is 11.8 Å². The van der Waals surface area contributed by atoms with Gasteiger partial charge in [0.1, 0.15) is 5.65 Å². The van der Waals surface area contributed by atoms with Crippen molar-refractivity contribution in [3.8, 4) is 0 Å². The van der Waals surface area contributed by atoms with Crippen LogP contribution in [0.3, 0.4) is 0 Å². The Kier molecular flexibility index (Phi) is 4.07. The van der Waals surface area contributed by atoms with E-state index in [1.165, 1.54) is 0 Å². The summed E-state index contributed by atoms with van der Waals surface area (Å²) in [4.78, 5) is 8.80. The molecule has 1 aliphatic rings. The molecule has 0 spiro atoms. The number of halogens is 2. The van der Waals surface area contributed by atoms with Gasteiger partial charge in [-0.15, -0.1) is 0 Å². The fraction of sp³-hybridized carbons (Fsp3) is 0.400. The van der Waals surface area contributed by atoms with E-state index in [0.717, 1.165) is 37.1 Å². The number of aryl methyl sites for hydroxylation is 1. The average molecular weight is 367 g/mol. The first-order chi connectivity index (χ1) is 11.6. The maximum Gasteiger partial charge on any atom is 0.229 e. The molecule has 0 aromatic carbocycles. The van der Waals surface area contributed by atoms with Crippen LogP contribution in [0.25, 0.3) is 11.0 Å². The van der Waals surface area contributed by atoms with Gasteiger partial charge in [-0.05, 0) is 12.8 Å². The van der Waals surface area contributed by atoms with Crippen molar-refractivity contribution < 1.29 is 4.74 Å². The van der Waals surface area contributed by atoms with Gasteiger partial charge in [-0.1, -0.05) is 23.2 Å². The summed E-state index contributed by atoms with van der Waals surface area (Å²) in [6.45, 7) is 1.50. The molecule has 0 saturated carbocycles. The lowest BCUT2D eigenvalue weighted by Gasteiger charge is -2.22. The molecule has 0 aliphatic carbocycles. The van der Waals surface area contributed by atoms with Crippen LogP contribution in [-0.4, -0.2) is 37.5 Å². The van der Waals surface area contributed by atoms with E-state index in [4.69, 9.17) is 27.9 Å². The number of hydrogen-bond acceptors (Lipinski definition) is 5. The fourth-order valence-electron chi connectivity index (χ4n) is 2.88. The summed E-state index contributed by atoms with van der Waals surface area (Å²) in [6, 6.07) is 0.307. The van der Waals surface area contributed by atoms with E-state index in [9.17, 15) is 0 Å². The van der Waals surface area contributed by atoms with Crippen LogP contribution in [0.2, 0.25) is 10.2 Å². The molecular weight excluding hydrogens is 351 g/mol. The molecule has 126 valence electrons.